The quantitative estimate of drug-likeness (QED) is 0.492. The Balaban J connectivity index is 1.12. The Morgan fingerprint density at radius 3 is 2.38 bits per heavy atom. The van der Waals surface area contributed by atoms with Crippen molar-refractivity contribution < 1.29 is 24.1 Å². The van der Waals surface area contributed by atoms with Crippen LogP contribution < -0.4 is 4.74 Å². The first-order valence-electron chi connectivity index (χ1n) is 14.0. The number of fused-ring (bicyclic) bond motifs is 2. The van der Waals surface area contributed by atoms with Crippen LogP contribution in [0, 0.1) is 11.3 Å². The summed E-state index contributed by atoms with van der Waals surface area (Å²) in [6.45, 7) is 6.85. The summed E-state index contributed by atoms with van der Waals surface area (Å²) in [6.07, 6.45) is 3.61. The average Bonchev–Trinajstić information content (AvgIpc) is 3.19. The molecule has 2 aromatic rings. The molecule has 2 bridgehead atoms. The number of amides is 1. The summed E-state index contributed by atoms with van der Waals surface area (Å²) in [7, 11) is 0. The van der Waals surface area contributed by atoms with Crippen LogP contribution in [0.3, 0.4) is 0 Å². The fraction of sp³-hybridized carbons (Fsp3) is 0.533. The van der Waals surface area contributed by atoms with Gasteiger partial charge in [-0.3, -0.25) is 9.80 Å². The lowest BCUT2D eigenvalue weighted by Gasteiger charge is -2.40. The van der Waals surface area contributed by atoms with Crippen molar-refractivity contribution in [3.05, 3.63) is 59.7 Å². The van der Waals surface area contributed by atoms with Gasteiger partial charge in [0.1, 0.15) is 24.2 Å². The van der Waals surface area contributed by atoms with Crippen LogP contribution in [-0.2, 0) is 9.47 Å². The summed E-state index contributed by atoms with van der Waals surface area (Å²) < 4.78 is 17.3. The number of likely N-dealkylation sites (tertiary alicyclic amines) is 1. The van der Waals surface area contributed by atoms with Gasteiger partial charge in [-0.2, -0.15) is 5.26 Å². The summed E-state index contributed by atoms with van der Waals surface area (Å²) in [5.41, 5.74) is 1.64. The molecule has 1 amide bonds. The number of carbonyl (C=O) groups excluding carboxylic acids is 1. The molecule has 3 atom stereocenters. The molecule has 0 spiro atoms. The van der Waals surface area contributed by atoms with Gasteiger partial charge in [-0.25, -0.2) is 4.79 Å². The topological polar surface area (TPSA) is 98.5 Å². The number of hydrogen-bond donors (Lipinski definition) is 1. The first-order valence-corrected chi connectivity index (χ1v) is 14.0. The highest BCUT2D eigenvalue weighted by Crippen LogP contribution is 2.32. The highest BCUT2D eigenvalue weighted by atomic mass is 16.6. The molecule has 3 aliphatic rings. The van der Waals surface area contributed by atoms with Crippen LogP contribution in [0.15, 0.2) is 48.5 Å². The molecular weight excluding hydrogens is 496 g/mol. The van der Waals surface area contributed by atoms with Gasteiger partial charge < -0.3 is 24.2 Å². The molecule has 0 radical (unpaired) electrons. The van der Waals surface area contributed by atoms with Gasteiger partial charge >= 0.3 is 6.09 Å². The standard InChI is InChI=1S/C30H38N4O5/c31-20-23-3-5-24(6-4-23)29(39-28-11-9-27(35)10-12-28)2-1-13-34-25-7-8-26(34)22-33(21-25)30(36)38-19-16-32-14-17-37-18-15-32/h3-6,9-12,25-26,29,35H,1-2,7-8,13-19,21-22H2. The third-order valence-corrected chi connectivity index (χ3v) is 8.04. The van der Waals surface area contributed by atoms with Crippen LogP contribution in [0.5, 0.6) is 11.5 Å². The number of rotatable bonds is 10. The maximum atomic E-state index is 12.8. The smallest absolute Gasteiger partial charge is 0.409 e. The summed E-state index contributed by atoms with van der Waals surface area (Å²) in [6, 6.07) is 17.2. The first kappa shape index (κ1) is 27.3. The molecule has 39 heavy (non-hydrogen) atoms. The number of nitriles is 1. The average molecular weight is 535 g/mol. The summed E-state index contributed by atoms with van der Waals surface area (Å²) >= 11 is 0. The number of piperazine rings is 1. The normalized spacial score (nSPS) is 22.3. The second-order valence-electron chi connectivity index (χ2n) is 10.6. The summed E-state index contributed by atoms with van der Waals surface area (Å²) in [4.78, 5) is 19.5. The molecule has 2 aromatic carbocycles. The van der Waals surface area contributed by atoms with E-state index in [4.69, 9.17) is 14.2 Å². The Morgan fingerprint density at radius 2 is 1.72 bits per heavy atom. The number of morpholine rings is 1. The maximum Gasteiger partial charge on any atom is 0.409 e. The fourth-order valence-corrected chi connectivity index (χ4v) is 5.90. The van der Waals surface area contributed by atoms with Gasteiger partial charge in [-0.05, 0) is 74.2 Å². The first-order chi connectivity index (χ1) is 19.1. The molecule has 3 aliphatic heterocycles. The SMILES string of the molecule is N#Cc1ccc(C(CCCN2C3CCC2CN(C(=O)OCCN2CCOCC2)C3)Oc2ccc(O)cc2)cc1. The highest BCUT2D eigenvalue weighted by Gasteiger charge is 2.41. The number of ether oxygens (including phenoxy) is 3. The Morgan fingerprint density at radius 1 is 1.03 bits per heavy atom. The summed E-state index contributed by atoms with van der Waals surface area (Å²) in [5.74, 6) is 0.899. The Bertz CT molecular complexity index is 1100. The molecular formula is C30H38N4O5. The molecule has 3 heterocycles. The highest BCUT2D eigenvalue weighted by molar-refractivity contribution is 5.68. The van der Waals surface area contributed by atoms with Gasteiger partial charge in [-0.15, -0.1) is 0 Å². The number of hydrogen-bond acceptors (Lipinski definition) is 8. The Kier molecular flexibility index (Phi) is 9.19. The van der Waals surface area contributed by atoms with Crippen molar-refractivity contribution in [2.75, 3.05) is 59.1 Å². The zero-order chi connectivity index (χ0) is 27.0. The van der Waals surface area contributed by atoms with Gasteiger partial charge in [0.15, 0.2) is 0 Å². The van der Waals surface area contributed by atoms with E-state index >= 15 is 0 Å². The van der Waals surface area contributed by atoms with Crippen LogP contribution in [0.1, 0.15) is 42.9 Å². The van der Waals surface area contributed by atoms with Gasteiger partial charge in [0.25, 0.3) is 0 Å². The van der Waals surface area contributed by atoms with Crippen LogP contribution in [0.2, 0.25) is 0 Å². The van der Waals surface area contributed by atoms with Crippen molar-refractivity contribution in [2.45, 2.75) is 43.9 Å². The predicted molar refractivity (Wildman–Crippen MR) is 146 cm³/mol. The lowest BCUT2D eigenvalue weighted by Crippen LogP contribution is -2.55. The number of benzene rings is 2. The third kappa shape index (κ3) is 7.21. The number of aromatic hydroxyl groups is 1. The van der Waals surface area contributed by atoms with E-state index in [2.05, 4.69) is 15.9 Å². The molecule has 3 fully saturated rings. The third-order valence-electron chi connectivity index (χ3n) is 8.04. The lowest BCUT2D eigenvalue weighted by atomic mass is 10.0. The minimum Gasteiger partial charge on any atom is -0.508 e. The van der Waals surface area contributed by atoms with Crippen molar-refractivity contribution in [3.8, 4) is 17.6 Å². The van der Waals surface area contributed by atoms with Crippen LogP contribution in [0.25, 0.3) is 0 Å². The van der Waals surface area contributed by atoms with Crippen molar-refractivity contribution in [1.29, 1.82) is 5.26 Å². The number of nitrogens with zero attached hydrogens (tertiary/aromatic N) is 4. The molecule has 3 unspecified atom stereocenters. The molecule has 1 N–H and O–H groups in total. The Hall–Kier alpha value is -3.32. The second kappa shape index (κ2) is 13.2. The monoisotopic (exact) mass is 534 g/mol. The largest absolute Gasteiger partial charge is 0.508 e. The Labute approximate surface area is 230 Å². The predicted octanol–water partition coefficient (Wildman–Crippen LogP) is 3.78. The van der Waals surface area contributed by atoms with Gasteiger partial charge in [0.05, 0.1) is 24.8 Å². The number of phenols is 1. The zero-order valence-corrected chi connectivity index (χ0v) is 22.4. The van der Waals surface area contributed by atoms with Crippen LogP contribution in [0.4, 0.5) is 4.79 Å². The molecule has 9 nitrogen and oxygen atoms in total. The van der Waals surface area contributed by atoms with Crippen molar-refractivity contribution in [1.82, 2.24) is 14.7 Å². The lowest BCUT2D eigenvalue weighted by molar-refractivity contribution is 0.0172. The molecule has 0 saturated carbocycles. The van der Waals surface area contributed by atoms with E-state index in [1.54, 1.807) is 24.3 Å². The summed E-state index contributed by atoms with van der Waals surface area (Å²) in [5, 5.41) is 18.8. The van der Waals surface area contributed by atoms with E-state index in [1.165, 1.54) is 0 Å². The van der Waals surface area contributed by atoms with E-state index in [9.17, 15) is 15.2 Å². The van der Waals surface area contributed by atoms with Crippen molar-refractivity contribution in [2.24, 2.45) is 0 Å². The van der Waals surface area contributed by atoms with E-state index in [-0.39, 0.29) is 17.9 Å². The fourth-order valence-electron chi connectivity index (χ4n) is 5.90. The van der Waals surface area contributed by atoms with E-state index in [0.717, 1.165) is 83.7 Å². The molecule has 0 aromatic heterocycles. The van der Waals surface area contributed by atoms with Crippen LogP contribution >= 0.6 is 0 Å². The van der Waals surface area contributed by atoms with Gasteiger partial charge in [0.2, 0.25) is 0 Å². The maximum absolute atomic E-state index is 12.8. The number of carbonyl (C=O) groups is 1. The molecule has 208 valence electrons. The van der Waals surface area contributed by atoms with Crippen molar-refractivity contribution in [3.63, 3.8) is 0 Å². The van der Waals surface area contributed by atoms with E-state index in [0.29, 0.717) is 30.0 Å². The zero-order valence-electron chi connectivity index (χ0n) is 22.4. The number of phenolic OH excluding ortho intramolecular Hbond substituents is 1. The molecule has 3 saturated heterocycles. The van der Waals surface area contributed by atoms with Gasteiger partial charge in [-0.1, -0.05) is 12.1 Å². The van der Waals surface area contributed by atoms with E-state index < -0.39 is 0 Å². The molecule has 0 aliphatic carbocycles. The second-order valence-corrected chi connectivity index (χ2v) is 10.6. The van der Waals surface area contributed by atoms with E-state index in [1.807, 2.05) is 29.2 Å². The minimum atomic E-state index is -0.192. The molecule has 9 heteroatoms. The minimum absolute atomic E-state index is 0.164. The van der Waals surface area contributed by atoms with Gasteiger partial charge in [0, 0.05) is 44.8 Å². The van der Waals surface area contributed by atoms with Crippen LogP contribution in [-0.4, -0.2) is 97.1 Å². The van der Waals surface area contributed by atoms with Crippen molar-refractivity contribution >= 4 is 6.09 Å². The molecule has 5 rings (SSSR count).